The van der Waals surface area contributed by atoms with Crippen LogP contribution < -0.4 is 0 Å². The molecule has 26 heavy (non-hydrogen) atoms. The molecule has 1 aliphatic heterocycles. The lowest BCUT2D eigenvalue weighted by Gasteiger charge is -2.23. The molecule has 1 aliphatic rings. The third kappa shape index (κ3) is 8.60. The van der Waals surface area contributed by atoms with E-state index in [9.17, 15) is 0 Å². The first-order valence-electron chi connectivity index (χ1n) is 9.68. The average molecular weight is 366 g/mol. The van der Waals surface area contributed by atoms with E-state index in [2.05, 4.69) is 49.9 Å². The van der Waals surface area contributed by atoms with Gasteiger partial charge in [-0.25, -0.2) is 0 Å². The molecular formula is C21H35NO4. The van der Waals surface area contributed by atoms with Crippen LogP contribution in [0.4, 0.5) is 0 Å². The summed E-state index contributed by atoms with van der Waals surface area (Å²) in [6.45, 7) is 14.6. The molecule has 1 heterocycles. The molecule has 5 nitrogen and oxygen atoms in total. The van der Waals surface area contributed by atoms with Gasteiger partial charge in [-0.3, -0.25) is 4.90 Å². The van der Waals surface area contributed by atoms with Crippen LogP contribution in [0.15, 0.2) is 24.3 Å². The summed E-state index contributed by atoms with van der Waals surface area (Å²) in [5.41, 5.74) is 2.88. The van der Waals surface area contributed by atoms with Gasteiger partial charge in [0.1, 0.15) is 0 Å². The van der Waals surface area contributed by atoms with Crippen molar-refractivity contribution in [3.05, 3.63) is 35.4 Å². The highest BCUT2D eigenvalue weighted by molar-refractivity contribution is 5.27. The SMILES string of the molecule is CC(C)(C)c1ccc(CN2CCOCCOCCOCCOCC2)cc1. The summed E-state index contributed by atoms with van der Waals surface area (Å²) in [4.78, 5) is 2.38. The van der Waals surface area contributed by atoms with Crippen LogP contribution in [-0.4, -0.2) is 70.8 Å². The van der Waals surface area contributed by atoms with E-state index in [1.807, 2.05) is 0 Å². The first-order valence-corrected chi connectivity index (χ1v) is 9.68. The van der Waals surface area contributed by atoms with E-state index in [0.29, 0.717) is 52.9 Å². The summed E-state index contributed by atoms with van der Waals surface area (Å²) < 4.78 is 22.3. The molecule has 0 atom stereocenters. The molecular weight excluding hydrogens is 330 g/mol. The van der Waals surface area contributed by atoms with Crippen LogP contribution in [0.2, 0.25) is 0 Å². The van der Waals surface area contributed by atoms with Crippen molar-refractivity contribution in [2.75, 3.05) is 65.9 Å². The van der Waals surface area contributed by atoms with Gasteiger partial charge in [0.2, 0.25) is 0 Å². The third-order valence-electron chi connectivity index (χ3n) is 4.45. The zero-order chi connectivity index (χ0) is 18.7. The van der Waals surface area contributed by atoms with Crippen molar-refractivity contribution in [1.29, 1.82) is 0 Å². The molecule has 0 spiro atoms. The minimum absolute atomic E-state index is 0.188. The smallest absolute Gasteiger partial charge is 0.0701 e. The van der Waals surface area contributed by atoms with Crippen molar-refractivity contribution in [3.8, 4) is 0 Å². The number of ether oxygens (including phenoxy) is 4. The fraction of sp³-hybridized carbons (Fsp3) is 0.714. The molecule has 0 aliphatic carbocycles. The van der Waals surface area contributed by atoms with Crippen LogP contribution in [0, 0.1) is 0 Å². The monoisotopic (exact) mass is 365 g/mol. The van der Waals surface area contributed by atoms with Crippen LogP contribution in [0.25, 0.3) is 0 Å². The molecule has 0 radical (unpaired) electrons. The molecule has 1 fully saturated rings. The molecule has 0 amide bonds. The summed E-state index contributed by atoms with van der Waals surface area (Å²) in [5, 5.41) is 0. The second kappa shape index (κ2) is 11.7. The fourth-order valence-corrected chi connectivity index (χ4v) is 2.79. The molecule has 2 rings (SSSR count). The van der Waals surface area contributed by atoms with Crippen LogP contribution in [0.5, 0.6) is 0 Å². The van der Waals surface area contributed by atoms with E-state index in [1.165, 1.54) is 11.1 Å². The van der Waals surface area contributed by atoms with Crippen molar-refractivity contribution >= 4 is 0 Å². The number of benzene rings is 1. The number of hydrogen-bond donors (Lipinski definition) is 0. The van der Waals surface area contributed by atoms with Crippen LogP contribution in [0.1, 0.15) is 31.9 Å². The lowest BCUT2D eigenvalue weighted by molar-refractivity contribution is 0.00206. The highest BCUT2D eigenvalue weighted by atomic mass is 16.6. The van der Waals surface area contributed by atoms with Gasteiger partial charge in [0.15, 0.2) is 0 Å². The highest BCUT2D eigenvalue weighted by Crippen LogP contribution is 2.22. The Hall–Kier alpha value is -0.980. The van der Waals surface area contributed by atoms with Crippen molar-refractivity contribution in [3.63, 3.8) is 0 Å². The maximum absolute atomic E-state index is 5.69. The second-order valence-corrected chi connectivity index (χ2v) is 7.67. The number of rotatable bonds is 2. The molecule has 5 heteroatoms. The molecule has 0 unspecified atom stereocenters. The quantitative estimate of drug-likeness (QED) is 0.806. The molecule has 1 aromatic rings. The Kier molecular flexibility index (Phi) is 9.57. The number of hydrogen-bond acceptors (Lipinski definition) is 5. The van der Waals surface area contributed by atoms with Crippen molar-refractivity contribution in [2.45, 2.75) is 32.7 Å². The van der Waals surface area contributed by atoms with E-state index >= 15 is 0 Å². The Bertz CT molecular complexity index is 468. The first kappa shape index (κ1) is 21.3. The average Bonchev–Trinajstić information content (AvgIpc) is 2.61. The Morgan fingerprint density at radius 2 is 1.12 bits per heavy atom. The minimum Gasteiger partial charge on any atom is -0.378 e. The van der Waals surface area contributed by atoms with Gasteiger partial charge in [0, 0.05) is 19.6 Å². The van der Waals surface area contributed by atoms with Gasteiger partial charge in [-0.1, -0.05) is 45.0 Å². The summed E-state index contributed by atoms with van der Waals surface area (Å²) >= 11 is 0. The zero-order valence-electron chi connectivity index (χ0n) is 16.7. The van der Waals surface area contributed by atoms with E-state index in [4.69, 9.17) is 18.9 Å². The van der Waals surface area contributed by atoms with Crippen LogP contribution in [0.3, 0.4) is 0 Å². The third-order valence-corrected chi connectivity index (χ3v) is 4.45. The van der Waals surface area contributed by atoms with Crippen molar-refractivity contribution in [1.82, 2.24) is 4.90 Å². The fourth-order valence-electron chi connectivity index (χ4n) is 2.79. The summed E-state index contributed by atoms with van der Waals surface area (Å²) in [5.74, 6) is 0. The first-order chi connectivity index (χ1) is 12.6. The van der Waals surface area contributed by atoms with E-state index in [-0.39, 0.29) is 5.41 Å². The summed E-state index contributed by atoms with van der Waals surface area (Å²) in [6.07, 6.45) is 0. The predicted octanol–water partition coefficient (Wildman–Crippen LogP) is 2.87. The van der Waals surface area contributed by atoms with E-state index in [0.717, 1.165) is 19.6 Å². The van der Waals surface area contributed by atoms with Gasteiger partial charge in [-0.05, 0) is 16.5 Å². The Balaban J connectivity index is 1.86. The minimum atomic E-state index is 0.188. The largest absolute Gasteiger partial charge is 0.378 e. The molecule has 0 bridgehead atoms. The second-order valence-electron chi connectivity index (χ2n) is 7.67. The lowest BCUT2D eigenvalue weighted by atomic mass is 9.87. The molecule has 0 saturated carbocycles. The Labute approximate surface area is 158 Å². The van der Waals surface area contributed by atoms with Gasteiger partial charge in [0.25, 0.3) is 0 Å². The van der Waals surface area contributed by atoms with Crippen molar-refractivity contribution < 1.29 is 18.9 Å². The van der Waals surface area contributed by atoms with Gasteiger partial charge < -0.3 is 18.9 Å². The standard InChI is InChI=1S/C21H35NO4/c1-21(2,3)20-6-4-19(5-7-20)18-22-8-10-23-12-14-25-16-17-26-15-13-24-11-9-22/h4-7H,8-18H2,1-3H3. The Morgan fingerprint density at radius 1 is 0.692 bits per heavy atom. The van der Waals surface area contributed by atoms with E-state index < -0.39 is 0 Å². The topological polar surface area (TPSA) is 40.2 Å². The Morgan fingerprint density at radius 3 is 1.54 bits per heavy atom. The maximum atomic E-state index is 5.69. The summed E-state index contributed by atoms with van der Waals surface area (Å²) in [7, 11) is 0. The zero-order valence-corrected chi connectivity index (χ0v) is 16.7. The van der Waals surface area contributed by atoms with Crippen LogP contribution in [-0.2, 0) is 30.9 Å². The maximum Gasteiger partial charge on any atom is 0.0701 e. The molecule has 0 N–H and O–H groups in total. The molecule has 0 aromatic heterocycles. The van der Waals surface area contributed by atoms with Gasteiger partial charge >= 0.3 is 0 Å². The van der Waals surface area contributed by atoms with Gasteiger partial charge in [-0.2, -0.15) is 0 Å². The van der Waals surface area contributed by atoms with E-state index in [1.54, 1.807) is 0 Å². The summed E-state index contributed by atoms with van der Waals surface area (Å²) in [6, 6.07) is 8.95. The highest BCUT2D eigenvalue weighted by Gasteiger charge is 2.13. The predicted molar refractivity (Wildman–Crippen MR) is 104 cm³/mol. The number of nitrogens with zero attached hydrogens (tertiary/aromatic N) is 1. The van der Waals surface area contributed by atoms with Gasteiger partial charge in [-0.15, -0.1) is 0 Å². The van der Waals surface area contributed by atoms with Crippen molar-refractivity contribution in [2.24, 2.45) is 0 Å². The molecule has 1 aromatic carbocycles. The van der Waals surface area contributed by atoms with Gasteiger partial charge in [0.05, 0.1) is 52.9 Å². The normalized spacial score (nSPS) is 20.3. The molecule has 1 saturated heterocycles. The molecule has 148 valence electrons. The van der Waals surface area contributed by atoms with Crippen LogP contribution >= 0.6 is 0 Å². The lowest BCUT2D eigenvalue weighted by Crippen LogP contribution is -2.31.